The number of aryl methyl sites for hydroxylation is 1. The van der Waals surface area contributed by atoms with Crippen molar-refractivity contribution >= 4 is 11.9 Å². The second-order valence-electron chi connectivity index (χ2n) is 7.12. The molecule has 7 heteroatoms. The molecule has 1 aromatic heterocycles. The van der Waals surface area contributed by atoms with Gasteiger partial charge in [-0.2, -0.15) is 5.10 Å². The molecule has 1 aromatic carbocycles. The fraction of sp³-hybridized carbons (Fsp3) is 0.421. The summed E-state index contributed by atoms with van der Waals surface area (Å²) in [7, 11) is 0. The fourth-order valence-corrected chi connectivity index (χ4v) is 2.30. The number of aliphatic carboxylic acids is 1. The lowest BCUT2D eigenvalue weighted by atomic mass is 10.1. The van der Waals surface area contributed by atoms with Crippen LogP contribution in [-0.4, -0.2) is 45.0 Å². The van der Waals surface area contributed by atoms with E-state index in [0.717, 1.165) is 11.3 Å². The summed E-state index contributed by atoms with van der Waals surface area (Å²) in [5, 5.41) is 16.1. The van der Waals surface area contributed by atoms with Gasteiger partial charge in [-0.05, 0) is 57.5 Å². The summed E-state index contributed by atoms with van der Waals surface area (Å²) in [5.74, 6) is -1.52. The highest BCUT2D eigenvalue weighted by molar-refractivity contribution is 5.96. The van der Waals surface area contributed by atoms with Gasteiger partial charge in [0.15, 0.2) is 0 Å². The molecule has 0 saturated carbocycles. The molecular weight excluding hydrogens is 334 g/mol. The van der Waals surface area contributed by atoms with Crippen molar-refractivity contribution < 1.29 is 19.4 Å². The molecule has 0 aliphatic heterocycles. The third-order valence-electron chi connectivity index (χ3n) is 3.65. The van der Waals surface area contributed by atoms with Crippen LogP contribution in [0.2, 0.25) is 0 Å². The number of ether oxygens (including phenoxy) is 1. The maximum Gasteiger partial charge on any atom is 0.326 e. The summed E-state index contributed by atoms with van der Waals surface area (Å²) in [4.78, 5) is 23.7. The van der Waals surface area contributed by atoms with E-state index in [0.29, 0.717) is 5.56 Å². The predicted molar refractivity (Wildman–Crippen MR) is 97.5 cm³/mol. The van der Waals surface area contributed by atoms with Gasteiger partial charge in [0.05, 0.1) is 17.5 Å². The Bertz CT molecular complexity index is 760. The Hall–Kier alpha value is -2.67. The first kappa shape index (κ1) is 19.7. The quantitative estimate of drug-likeness (QED) is 0.792. The number of rotatable bonds is 7. The largest absolute Gasteiger partial charge is 0.480 e. The van der Waals surface area contributed by atoms with Crippen molar-refractivity contribution in [2.24, 2.45) is 0 Å². The lowest BCUT2D eigenvalue weighted by molar-refractivity contribution is -0.140. The number of nitrogens with one attached hydrogen (secondary N) is 1. The van der Waals surface area contributed by atoms with Crippen LogP contribution in [0.5, 0.6) is 0 Å². The minimum Gasteiger partial charge on any atom is -0.480 e. The standard InChI is InChI=1S/C19H25N3O4/c1-13-11-20-22(12-13)15-7-5-14(6-8-15)17(23)21-16(18(24)25)9-10-26-19(2,3)4/h5-8,11-12,16H,9-10H2,1-4H3,(H,21,23)(H,24,25). The van der Waals surface area contributed by atoms with Crippen molar-refractivity contribution in [1.82, 2.24) is 15.1 Å². The average molecular weight is 359 g/mol. The van der Waals surface area contributed by atoms with Gasteiger partial charge in [-0.3, -0.25) is 4.79 Å². The number of nitrogens with zero attached hydrogens (tertiary/aromatic N) is 2. The molecule has 1 unspecified atom stereocenters. The van der Waals surface area contributed by atoms with Gasteiger partial charge in [-0.25, -0.2) is 9.48 Å². The lowest BCUT2D eigenvalue weighted by Gasteiger charge is -2.21. The third kappa shape index (κ3) is 5.70. The topological polar surface area (TPSA) is 93.5 Å². The highest BCUT2D eigenvalue weighted by Crippen LogP contribution is 2.11. The van der Waals surface area contributed by atoms with Crippen LogP contribution in [0.4, 0.5) is 0 Å². The second-order valence-corrected chi connectivity index (χ2v) is 7.12. The molecule has 2 rings (SSSR count). The zero-order chi connectivity index (χ0) is 19.3. The molecular formula is C19H25N3O4. The summed E-state index contributed by atoms with van der Waals surface area (Å²) in [5.41, 5.74) is 1.89. The van der Waals surface area contributed by atoms with E-state index < -0.39 is 17.9 Å². The number of carbonyl (C=O) groups is 2. The summed E-state index contributed by atoms with van der Waals surface area (Å²) in [6.45, 7) is 7.87. The maximum atomic E-state index is 12.3. The van der Waals surface area contributed by atoms with Gasteiger partial charge in [0.1, 0.15) is 6.04 Å². The highest BCUT2D eigenvalue weighted by atomic mass is 16.5. The molecule has 26 heavy (non-hydrogen) atoms. The van der Waals surface area contributed by atoms with E-state index in [4.69, 9.17) is 4.74 Å². The van der Waals surface area contributed by atoms with Crippen LogP contribution in [-0.2, 0) is 9.53 Å². The molecule has 0 aliphatic rings. The van der Waals surface area contributed by atoms with Gasteiger partial charge >= 0.3 is 5.97 Å². The smallest absolute Gasteiger partial charge is 0.326 e. The minimum absolute atomic E-state index is 0.197. The van der Waals surface area contributed by atoms with Crippen molar-refractivity contribution in [2.75, 3.05) is 6.61 Å². The number of benzene rings is 1. The van der Waals surface area contributed by atoms with Crippen molar-refractivity contribution in [1.29, 1.82) is 0 Å². The number of carboxylic acid groups (broad SMARTS) is 1. The highest BCUT2D eigenvalue weighted by Gasteiger charge is 2.22. The van der Waals surface area contributed by atoms with Gasteiger partial charge in [0.25, 0.3) is 5.91 Å². The summed E-state index contributed by atoms with van der Waals surface area (Å²) >= 11 is 0. The average Bonchev–Trinajstić information content (AvgIpc) is 2.99. The number of hydrogen-bond acceptors (Lipinski definition) is 4. The van der Waals surface area contributed by atoms with Gasteiger partial charge in [-0.15, -0.1) is 0 Å². The number of carboxylic acids is 1. The van der Waals surface area contributed by atoms with E-state index >= 15 is 0 Å². The van der Waals surface area contributed by atoms with Crippen molar-refractivity contribution in [2.45, 2.75) is 45.8 Å². The molecule has 7 nitrogen and oxygen atoms in total. The Morgan fingerprint density at radius 3 is 2.42 bits per heavy atom. The Labute approximate surface area is 153 Å². The predicted octanol–water partition coefficient (Wildman–Crippen LogP) is 2.57. The van der Waals surface area contributed by atoms with Crippen molar-refractivity contribution in [3.8, 4) is 5.69 Å². The molecule has 140 valence electrons. The zero-order valence-electron chi connectivity index (χ0n) is 15.5. The molecule has 2 N–H and O–H groups in total. The molecule has 0 bridgehead atoms. The first-order valence-corrected chi connectivity index (χ1v) is 8.45. The van der Waals surface area contributed by atoms with E-state index in [1.54, 1.807) is 35.1 Å². The van der Waals surface area contributed by atoms with E-state index in [1.807, 2.05) is 33.9 Å². The number of carbonyl (C=O) groups excluding carboxylic acids is 1. The molecule has 0 fully saturated rings. The first-order valence-electron chi connectivity index (χ1n) is 8.45. The van der Waals surface area contributed by atoms with Crippen LogP contribution in [0.25, 0.3) is 5.69 Å². The summed E-state index contributed by atoms with van der Waals surface area (Å²) < 4.78 is 7.25. The monoisotopic (exact) mass is 359 g/mol. The van der Waals surface area contributed by atoms with Crippen LogP contribution < -0.4 is 5.32 Å². The molecule has 0 saturated heterocycles. The van der Waals surface area contributed by atoms with Crippen LogP contribution >= 0.6 is 0 Å². The number of aromatic nitrogens is 2. The van der Waals surface area contributed by atoms with E-state index in [-0.39, 0.29) is 18.6 Å². The minimum atomic E-state index is -1.08. The molecule has 0 aliphatic carbocycles. The summed E-state index contributed by atoms with van der Waals surface area (Å²) in [6.07, 6.45) is 3.82. The maximum absolute atomic E-state index is 12.3. The van der Waals surface area contributed by atoms with Gasteiger partial charge in [-0.1, -0.05) is 0 Å². The Morgan fingerprint density at radius 2 is 1.92 bits per heavy atom. The normalized spacial score (nSPS) is 12.6. The van der Waals surface area contributed by atoms with Crippen LogP contribution in [0.1, 0.15) is 43.1 Å². The second kappa shape index (κ2) is 8.14. The zero-order valence-corrected chi connectivity index (χ0v) is 15.5. The van der Waals surface area contributed by atoms with Crippen LogP contribution in [0.3, 0.4) is 0 Å². The lowest BCUT2D eigenvalue weighted by Crippen LogP contribution is -2.42. The van der Waals surface area contributed by atoms with Crippen molar-refractivity contribution in [3.63, 3.8) is 0 Å². The number of amides is 1. The number of hydrogen-bond donors (Lipinski definition) is 2. The van der Waals surface area contributed by atoms with Crippen LogP contribution in [0, 0.1) is 6.92 Å². The molecule has 1 atom stereocenters. The van der Waals surface area contributed by atoms with Crippen LogP contribution in [0.15, 0.2) is 36.7 Å². The molecule has 2 aromatic rings. The first-order chi connectivity index (χ1) is 12.2. The SMILES string of the molecule is Cc1cnn(-c2ccc(C(=O)NC(CCOC(C)(C)C)C(=O)O)cc2)c1. The van der Waals surface area contributed by atoms with Crippen molar-refractivity contribution in [3.05, 3.63) is 47.8 Å². The summed E-state index contributed by atoms with van der Waals surface area (Å²) in [6, 6.07) is 5.82. The van der Waals surface area contributed by atoms with E-state index in [1.165, 1.54) is 0 Å². The fourth-order valence-electron chi connectivity index (χ4n) is 2.30. The molecule has 1 amide bonds. The Balaban J connectivity index is 1.99. The third-order valence-corrected chi connectivity index (χ3v) is 3.65. The Kier molecular flexibility index (Phi) is 6.15. The van der Waals surface area contributed by atoms with Gasteiger partial charge in [0.2, 0.25) is 0 Å². The van der Waals surface area contributed by atoms with Gasteiger partial charge in [0, 0.05) is 24.8 Å². The molecule has 0 spiro atoms. The molecule has 1 heterocycles. The van der Waals surface area contributed by atoms with E-state index in [9.17, 15) is 14.7 Å². The Morgan fingerprint density at radius 1 is 1.27 bits per heavy atom. The molecule has 0 radical (unpaired) electrons. The van der Waals surface area contributed by atoms with E-state index in [2.05, 4.69) is 10.4 Å². The van der Waals surface area contributed by atoms with Gasteiger partial charge < -0.3 is 15.2 Å².